The molecule has 0 saturated carbocycles. The minimum atomic E-state index is -0.772. The zero-order valence-electron chi connectivity index (χ0n) is 11.9. The Morgan fingerprint density at radius 2 is 2.24 bits per heavy atom. The molecule has 1 aromatic carbocycles. The smallest absolute Gasteiger partial charge is 0.259 e. The van der Waals surface area contributed by atoms with Gasteiger partial charge in [0.15, 0.2) is 5.82 Å². The van der Waals surface area contributed by atoms with Gasteiger partial charge in [-0.3, -0.25) is 0 Å². The summed E-state index contributed by atoms with van der Waals surface area (Å²) in [6.07, 6.45) is 0.947. The summed E-state index contributed by atoms with van der Waals surface area (Å²) in [5.74, 6) is 0.891. The van der Waals surface area contributed by atoms with Crippen LogP contribution in [0.1, 0.15) is 26.1 Å². The molecule has 1 unspecified atom stereocenters. The molecule has 0 fully saturated rings. The van der Waals surface area contributed by atoms with Gasteiger partial charge >= 0.3 is 0 Å². The van der Waals surface area contributed by atoms with E-state index in [0.717, 1.165) is 20.0 Å². The van der Waals surface area contributed by atoms with Crippen LogP contribution in [0.3, 0.4) is 0 Å². The molecular formula is C14H17BrIN3O2. The average Bonchev–Trinajstić information content (AvgIpc) is 2.92. The Kier molecular flexibility index (Phi) is 5.75. The molecule has 2 N–H and O–H groups in total. The summed E-state index contributed by atoms with van der Waals surface area (Å²) in [6.45, 7) is 4.91. The van der Waals surface area contributed by atoms with Crippen molar-refractivity contribution in [2.45, 2.75) is 25.8 Å². The Morgan fingerprint density at radius 3 is 2.95 bits per heavy atom. The highest BCUT2D eigenvalue weighted by atomic mass is 127. The van der Waals surface area contributed by atoms with Crippen LogP contribution in [0.25, 0.3) is 11.5 Å². The van der Waals surface area contributed by atoms with Crippen molar-refractivity contribution in [1.29, 1.82) is 0 Å². The lowest BCUT2D eigenvalue weighted by molar-refractivity contribution is 0.0867. The molecule has 0 radical (unpaired) electrons. The Hall–Kier alpha value is -0.510. The molecule has 7 heteroatoms. The highest BCUT2D eigenvalue weighted by Gasteiger charge is 2.28. The largest absolute Gasteiger partial charge is 0.379 e. The lowest BCUT2D eigenvalue weighted by Gasteiger charge is -2.19. The summed E-state index contributed by atoms with van der Waals surface area (Å²) in [6, 6.07) is 5.92. The van der Waals surface area contributed by atoms with E-state index in [1.165, 1.54) is 0 Å². The molecule has 0 bridgehead atoms. The minimum Gasteiger partial charge on any atom is -0.379 e. The van der Waals surface area contributed by atoms with Crippen LogP contribution in [0, 0.1) is 3.57 Å². The van der Waals surface area contributed by atoms with Crippen LogP contribution < -0.4 is 5.73 Å². The minimum absolute atomic E-state index is 0.354. The van der Waals surface area contributed by atoms with E-state index in [2.05, 4.69) is 55.6 Å². The molecule has 0 aliphatic rings. The lowest BCUT2D eigenvalue weighted by Crippen LogP contribution is -2.39. The maximum absolute atomic E-state index is 6.21. The van der Waals surface area contributed by atoms with Crippen molar-refractivity contribution in [1.82, 2.24) is 10.1 Å². The number of nitrogens with zero attached hydrogens (tertiary/aromatic N) is 2. The molecule has 2 aromatic rings. The summed E-state index contributed by atoms with van der Waals surface area (Å²) >= 11 is 5.73. The second-order valence-electron chi connectivity index (χ2n) is 5.02. The quantitative estimate of drug-likeness (QED) is 0.520. The van der Waals surface area contributed by atoms with Crippen LogP contribution in [0.5, 0.6) is 0 Å². The summed E-state index contributed by atoms with van der Waals surface area (Å²) in [5.41, 5.74) is 6.30. The maximum Gasteiger partial charge on any atom is 0.259 e. The van der Waals surface area contributed by atoms with Crippen molar-refractivity contribution in [2.24, 2.45) is 5.73 Å². The Bertz CT molecular complexity index is 616. The van der Waals surface area contributed by atoms with Gasteiger partial charge in [-0.25, -0.2) is 0 Å². The molecule has 1 atom stereocenters. The van der Waals surface area contributed by atoms with Crippen molar-refractivity contribution >= 4 is 38.5 Å². The van der Waals surface area contributed by atoms with Gasteiger partial charge in [-0.15, -0.1) is 0 Å². The van der Waals surface area contributed by atoms with Crippen LogP contribution >= 0.6 is 38.5 Å². The van der Waals surface area contributed by atoms with E-state index < -0.39 is 5.54 Å². The summed E-state index contributed by atoms with van der Waals surface area (Å²) in [7, 11) is 0. The Labute approximate surface area is 145 Å². The lowest BCUT2D eigenvalue weighted by atomic mass is 10.1. The topological polar surface area (TPSA) is 74.2 Å². The van der Waals surface area contributed by atoms with Gasteiger partial charge in [-0.1, -0.05) is 12.1 Å². The summed E-state index contributed by atoms with van der Waals surface area (Å²) in [5, 5.41) is 4.00. The molecule has 0 spiro atoms. The normalized spacial score (nSPS) is 14.1. The van der Waals surface area contributed by atoms with Crippen LogP contribution in [0.4, 0.5) is 0 Å². The number of rotatable bonds is 6. The molecule has 0 saturated heterocycles. The van der Waals surface area contributed by atoms with E-state index in [1.54, 1.807) is 0 Å². The fraction of sp³-hybridized carbons (Fsp3) is 0.429. The van der Waals surface area contributed by atoms with Crippen molar-refractivity contribution in [2.75, 3.05) is 13.2 Å². The number of hydrogen-bond acceptors (Lipinski definition) is 5. The third-order valence-corrected chi connectivity index (χ3v) is 4.21. The van der Waals surface area contributed by atoms with Crippen LogP contribution in [0.15, 0.2) is 27.2 Å². The molecule has 5 nitrogen and oxygen atoms in total. The van der Waals surface area contributed by atoms with Crippen molar-refractivity contribution in [3.8, 4) is 11.5 Å². The fourth-order valence-corrected chi connectivity index (χ4v) is 2.63. The molecule has 0 aliphatic heterocycles. The van der Waals surface area contributed by atoms with Gasteiger partial charge in [0.1, 0.15) is 5.54 Å². The number of ether oxygens (including phenoxy) is 1. The average molecular weight is 466 g/mol. The first-order chi connectivity index (χ1) is 9.94. The number of halogens is 2. The second kappa shape index (κ2) is 7.17. The van der Waals surface area contributed by atoms with E-state index >= 15 is 0 Å². The zero-order valence-corrected chi connectivity index (χ0v) is 15.6. The van der Waals surface area contributed by atoms with E-state index in [0.29, 0.717) is 24.9 Å². The van der Waals surface area contributed by atoms with Gasteiger partial charge < -0.3 is 15.0 Å². The standard InChI is InChI=1S/C14H17BrIN3O2/c1-3-6-20-8-14(2,17)13-18-12(21-19-13)10-7-9(16)4-5-11(10)15/h4-5,7H,3,6,8,17H2,1-2H3. The highest BCUT2D eigenvalue weighted by Crippen LogP contribution is 2.29. The molecule has 1 heterocycles. The van der Waals surface area contributed by atoms with Gasteiger partial charge in [0.2, 0.25) is 0 Å². The van der Waals surface area contributed by atoms with Crippen molar-refractivity contribution in [3.05, 3.63) is 32.1 Å². The van der Waals surface area contributed by atoms with Crippen molar-refractivity contribution < 1.29 is 9.26 Å². The van der Waals surface area contributed by atoms with Gasteiger partial charge in [0.05, 0.1) is 12.2 Å². The van der Waals surface area contributed by atoms with Gasteiger partial charge in [0, 0.05) is 14.6 Å². The predicted octanol–water partition coefficient (Wildman–Crippen LogP) is 3.70. The fourth-order valence-electron chi connectivity index (χ4n) is 1.72. The van der Waals surface area contributed by atoms with E-state index in [9.17, 15) is 0 Å². The number of hydrogen-bond donors (Lipinski definition) is 1. The zero-order chi connectivity index (χ0) is 15.5. The number of benzene rings is 1. The van der Waals surface area contributed by atoms with Gasteiger partial charge in [-0.2, -0.15) is 4.98 Å². The van der Waals surface area contributed by atoms with E-state index in [4.69, 9.17) is 15.0 Å². The third kappa shape index (κ3) is 4.24. The first kappa shape index (κ1) is 16.9. The second-order valence-corrected chi connectivity index (χ2v) is 7.12. The Morgan fingerprint density at radius 1 is 1.48 bits per heavy atom. The van der Waals surface area contributed by atoms with Crippen molar-refractivity contribution in [3.63, 3.8) is 0 Å². The maximum atomic E-state index is 6.21. The molecule has 1 aromatic heterocycles. The van der Waals surface area contributed by atoms with Gasteiger partial charge in [-0.05, 0) is 70.1 Å². The summed E-state index contributed by atoms with van der Waals surface area (Å²) < 4.78 is 12.8. The Balaban J connectivity index is 2.23. The molecular weight excluding hydrogens is 449 g/mol. The molecule has 21 heavy (non-hydrogen) atoms. The van der Waals surface area contributed by atoms with Gasteiger partial charge in [0.25, 0.3) is 5.89 Å². The SMILES string of the molecule is CCCOCC(C)(N)c1noc(-c2cc(I)ccc2Br)n1. The van der Waals surface area contributed by atoms with Crippen LogP contribution in [-0.2, 0) is 10.3 Å². The summed E-state index contributed by atoms with van der Waals surface area (Å²) in [4.78, 5) is 4.42. The molecule has 0 aliphatic carbocycles. The molecule has 114 valence electrons. The van der Waals surface area contributed by atoms with E-state index in [-0.39, 0.29) is 0 Å². The monoisotopic (exact) mass is 465 g/mol. The van der Waals surface area contributed by atoms with E-state index in [1.807, 2.05) is 25.1 Å². The first-order valence-corrected chi connectivity index (χ1v) is 8.47. The third-order valence-electron chi connectivity index (χ3n) is 2.85. The predicted molar refractivity (Wildman–Crippen MR) is 92.8 cm³/mol. The van der Waals surface area contributed by atoms with Crippen LogP contribution in [0.2, 0.25) is 0 Å². The number of nitrogens with two attached hydrogens (primary N) is 1. The highest BCUT2D eigenvalue weighted by molar-refractivity contribution is 14.1. The first-order valence-electron chi connectivity index (χ1n) is 6.60. The van der Waals surface area contributed by atoms with Crippen LogP contribution in [-0.4, -0.2) is 23.4 Å². The molecule has 0 amide bonds. The molecule has 2 rings (SSSR count). The number of aromatic nitrogens is 2.